The molecule has 0 atom stereocenters. The Morgan fingerprint density at radius 2 is 1.97 bits per heavy atom. The zero-order valence-corrected chi connectivity index (χ0v) is 21.1. The minimum Gasteiger partial charge on any atom is -0.454 e. The molecule has 1 aromatic heterocycles. The zero-order chi connectivity index (χ0) is 21.5. The number of rotatable bonds is 8. The number of hydrogen-bond acceptors (Lipinski definition) is 6. The molecule has 3 heterocycles. The molecule has 0 amide bonds. The van der Waals surface area contributed by atoms with Gasteiger partial charge in [-0.1, -0.05) is 13.0 Å². The van der Waals surface area contributed by atoms with Gasteiger partial charge in [0.1, 0.15) is 12.2 Å². The number of aromatic nitrogens is 3. The van der Waals surface area contributed by atoms with Crippen LogP contribution in [-0.4, -0.2) is 60.4 Å². The number of benzene rings is 1. The molecular formula is C22H33IN6O3. The Balaban J connectivity index is 0.00000289. The average Bonchev–Trinajstić information content (AvgIpc) is 3.46. The van der Waals surface area contributed by atoms with Crippen molar-refractivity contribution in [1.29, 1.82) is 0 Å². The largest absolute Gasteiger partial charge is 0.454 e. The maximum absolute atomic E-state index is 5.67. The molecule has 9 nitrogen and oxygen atoms in total. The molecule has 1 fully saturated rings. The second kappa shape index (κ2) is 11.7. The van der Waals surface area contributed by atoms with E-state index in [4.69, 9.17) is 19.2 Å². The van der Waals surface area contributed by atoms with E-state index in [2.05, 4.69) is 51.4 Å². The minimum absolute atomic E-state index is 0. The van der Waals surface area contributed by atoms with Crippen molar-refractivity contribution in [3.63, 3.8) is 0 Å². The van der Waals surface area contributed by atoms with E-state index in [9.17, 15) is 0 Å². The van der Waals surface area contributed by atoms with Crippen molar-refractivity contribution in [3.05, 3.63) is 35.9 Å². The van der Waals surface area contributed by atoms with Gasteiger partial charge in [-0.25, -0.2) is 0 Å². The Labute approximate surface area is 206 Å². The van der Waals surface area contributed by atoms with E-state index in [1.54, 1.807) is 6.33 Å². The molecule has 2 aliphatic heterocycles. The van der Waals surface area contributed by atoms with E-state index in [-0.39, 0.29) is 36.2 Å². The fourth-order valence-corrected chi connectivity index (χ4v) is 4.13. The van der Waals surface area contributed by atoms with Gasteiger partial charge >= 0.3 is 0 Å². The summed E-state index contributed by atoms with van der Waals surface area (Å²) in [6.07, 6.45) is 4.50. The van der Waals surface area contributed by atoms with Gasteiger partial charge in [0.2, 0.25) is 6.79 Å². The molecule has 0 aliphatic carbocycles. The van der Waals surface area contributed by atoms with Crippen LogP contribution in [0.4, 0.5) is 0 Å². The summed E-state index contributed by atoms with van der Waals surface area (Å²) in [5.74, 6) is 3.44. The predicted molar refractivity (Wildman–Crippen MR) is 133 cm³/mol. The minimum atomic E-state index is -0.0781. The molecule has 1 saturated heterocycles. The molecule has 0 bridgehead atoms. The van der Waals surface area contributed by atoms with E-state index in [0.717, 1.165) is 75.4 Å². The molecule has 10 heteroatoms. The second-order valence-electron chi connectivity index (χ2n) is 7.88. The molecule has 0 radical (unpaired) electrons. The van der Waals surface area contributed by atoms with Crippen LogP contribution in [0.1, 0.15) is 38.1 Å². The van der Waals surface area contributed by atoms with Crippen LogP contribution in [0, 0.1) is 0 Å². The van der Waals surface area contributed by atoms with Gasteiger partial charge in [-0.3, -0.25) is 4.99 Å². The first-order valence-electron chi connectivity index (χ1n) is 11.1. The molecule has 2 aliphatic rings. The SMILES string of the molecule is CCNC(=NCC1(c2ccc3c(c2)OCO3)CCOCC1)NCCn1cnnc1CC.I. The first-order valence-corrected chi connectivity index (χ1v) is 11.1. The third-order valence-electron chi connectivity index (χ3n) is 5.98. The molecule has 176 valence electrons. The summed E-state index contributed by atoms with van der Waals surface area (Å²) in [6, 6.07) is 6.27. The molecule has 1 aromatic carbocycles. The van der Waals surface area contributed by atoms with Gasteiger partial charge in [-0.05, 0) is 37.5 Å². The maximum Gasteiger partial charge on any atom is 0.231 e. The quantitative estimate of drug-likeness (QED) is 0.293. The van der Waals surface area contributed by atoms with Crippen molar-refractivity contribution in [3.8, 4) is 11.5 Å². The number of nitrogens with one attached hydrogen (secondary N) is 2. The summed E-state index contributed by atoms with van der Waals surface area (Å²) in [7, 11) is 0. The number of ether oxygens (including phenoxy) is 3. The van der Waals surface area contributed by atoms with Crippen LogP contribution < -0.4 is 20.1 Å². The summed E-state index contributed by atoms with van der Waals surface area (Å²) in [5.41, 5.74) is 1.15. The van der Waals surface area contributed by atoms with Crippen LogP contribution in [0.3, 0.4) is 0 Å². The van der Waals surface area contributed by atoms with Crippen molar-refractivity contribution >= 4 is 29.9 Å². The number of nitrogens with zero attached hydrogens (tertiary/aromatic N) is 4. The number of fused-ring (bicyclic) bond motifs is 1. The highest BCUT2D eigenvalue weighted by atomic mass is 127. The van der Waals surface area contributed by atoms with Crippen molar-refractivity contribution < 1.29 is 14.2 Å². The Bertz CT molecular complexity index is 898. The molecular weight excluding hydrogens is 523 g/mol. The topological polar surface area (TPSA) is 94.8 Å². The lowest BCUT2D eigenvalue weighted by atomic mass is 9.74. The fourth-order valence-electron chi connectivity index (χ4n) is 4.13. The van der Waals surface area contributed by atoms with E-state index in [1.807, 2.05) is 6.07 Å². The highest BCUT2D eigenvalue weighted by molar-refractivity contribution is 14.0. The van der Waals surface area contributed by atoms with Crippen LogP contribution in [0.2, 0.25) is 0 Å². The Kier molecular flexibility index (Phi) is 8.97. The van der Waals surface area contributed by atoms with Crippen molar-refractivity contribution in [2.24, 2.45) is 4.99 Å². The average molecular weight is 556 g/mol. The van der Waals surface area contributed by atoms with Crippen LogP contribution in [-0.2, 0) is 23.1 Å². The normalized spacial score (nSPS) is 17.0. The number of guanidine groups is 1. The number of aryl methyl sites for hydroxylation is 1. The Morgan fingerprint density at radius 3 is 2.75 bits per heavy atom. The number of aliphatic imine (C=N–C) groups is 1. The molecule has 32 heavy (non-hydrogen) atoms. The fraction of sp³-hybridized carbons (Fsp3) is 0.591. The molecule has 2 aromatic rings. The Morgan fingerprint density at radius 1 is 1.16 bits per heavy atom. The first kappa shape index (κ1) is 24.6. The van der Waals surface area contributed by atoms with E-state index >= 15 is 0 Å². The summed E-state index contributed by atoms with van der Waals surface area (Å²) in [4.78, 5) is 4.97. The van der Waals surface area contributed by atoms with Gasteiger partial charge in [0.05, 0.1) is 6.54 Å². The van der Waals surface area contributed by atoms with E-state index in [0.29, 0.717) is 6.54 Å². The smallest absolute Gasteiger partial charge is 0.231 e. The second-order valence-corrected chi connectivity index (χ2v) is 7.88. The highest BCUT2D eigenvalue weighted by Crippen LogP contribution is 2.41. The lowest BCUT2D eigenvalue weighted by Gasteiger charge is -2.36. The van der Waals surface area contributed by atoms with Crippen molar-refractivity contribution in [2.45, 2.75) is 45.1 Å². The van der Waals surface area contributed by atoms with Gasteiger partial charge in [0.25, 0.3) is 0 Å². The predicted octanol–water partition coefficient (Wildman–Crippen LogP) is 2.49. The molecule has 2 N–H and O–H groups in total. The van der Waals surface area contributed by atoms with Crippen LogP contribution >= 0.6 is 24.0 Å². The summed E-state index contributed by atoms with van der Waals surface area (Å²) < 4.78 is 18.9. The Hall–Kier alpha value is -2.08. The maximum atomic E-state index is 5.67. The van der Waals surface area contributed by atoms with Crippen molar-refractivity contribution in [2.75, 3.05) is 39.6 Å². The first-order chi connectivity index (χ1) is 15.2. The zero-order valence-electron chi connectivity index (χ0n) is 18.8. The van der Waals surface area contributed by atoms with Gasteiger partial charge in [-0.15, -0.1) is 34.2 Å². The molecule has 0 spiro atoms. The summed E-state index contributed by atoms with van der Waals surface area (Å²) >= 11 is 0. The van der Waals surface area contributed by atoms with Crippen LogP contribution in [0.15, 0.2) is 29.5 Å². The summed E-state index contributed by atoms with van der Waals surface area (Å²) in [5, 5.41) is 15.0. The van der Waals surface area contributed by atoms with Crippen molar-refractivity contribution in [1.82, 2.24) is 25.4 Å². The lowest BCUT2D eigenvalue weighted by Crippen LogP contribution is -2.42. The third kappa shape index (κ3) is 5.64. The number of halogens is 1. The van der Waals surface area contributed by atoms with Gasteiger partial charge in [-0.2, -0.15) is 0 Å². The van der Waals surface area contributed by atoms with E-state index < -0.39 is 0 Å². The van der Waals surface area contributed by atoms with Crippen LogP contribution in [0.25, 0.3) is 0 Å². The highest BCUT2D eigenvalue weighted by Gasteiger charge is 2.35. The van der Waals surface area contributed by atoms with E-state index in [1.165, 1.54) is 5.56 Å². The van der Waals surface area contributed by atoms with Gasteiger partial charge < -0.3 is 29.4 Å². The third-order valence-corrected chi connectivity index (χ3v) is 5.98. The summed E-state index contributed by atoms with van der Waals surface area (Å²) in [6.45, 7) is 8.95. The van der Waals surface area contributed by atoms with Crippen LogP contribution in [0.5, 0.6) is 11.5 Å². The van der Waals surface area contributed by atoms with Gasteiger partial charge in [0, 0.05) is 44.7 Å². The molecule has 0 saturated carbocycles. The molecule has 4 rings (SSSR count). The molecule has 0 unspecified atom stereocenters. The standard InChI is InChI=1S/C22H32N6O3.HI/c1-3-20-27-26-15-28(20)10-9-24-21(23-4-2)25-14-22(7-11-29-12-8-22)17-5-6-18-19(13-17)31-16-30-18;/h5-6,13,15H,3-4,7-12,14,16H2,1-2H3,(H2,23,24,25);1H. The van der Waals surface area contributed by atoms with Gasteiger partial charge in [0.15, 0.2) is 17.5 Å². The number of hydrogen-bond donors (Lipinski definition) is 2. The monoisotopic (exact) mass is 556 g/mol. The lowest BCUT2D eigenvalue weighted by molar-refractivity contribution is 0.0530.